The fourth-order valence-corrected chi connectivity index (χ4v) is 2.81. The second kappa shape index (κ2) is 6.35. The SMILES string of the molecule is Cc1ccc(C)c(CNCC2CCCCC2O)c1. The van der Waals surface area contributed by atoms with E-state index in [1.165, 1.54) is 36.0 Å². The third-order valence-corrected chi connectivity index (χ3v) is 4.10. The Kier molecular flexibility index (Phi) is 4.79. The van der Waals surface area contributed by atoms with Crippen molar-refractivity contribution in [2.75, 3.05) is 6.54 Å². The molecule has 2 rings (SSSR count). The van der Waals surface area contributed by atoms with E-state index in [-0.39, 0.29) is 6.10 Å². The molecule has 0 saturated heterocycles. The van der Waals surface area contributed by atoms with Crippen LogP contribution in [0.25, 0.3) is 0 Å². The molecule has 2 atom stereocenters. The summed E-state index contributed by atoms with van der Waals surface area (Å²) in [6.45, 7) is 6.14. The highest BCUT2D eigenvalue weighted by molar-refractivity contribution is 5.30. The number of hydrogen-bond acceptors (Lipinski definition) is 2. The van der Waals surface area contributed by atoms with Crippen molar-refractivity contribution in [3.63, 3.8) is 0 Å². The van der Waals surface area contributed by atoms with Gasteiger partial charge in [0.2, 0.25) is 0 Å². The summed E-state index contributed by atoms with van der Waals surface area (Å²) in [6, 6.07) is 6.59. The van der Waals surface area contributed by atoms with Gasteiger partial charge in [0, 0.05) is 13.1 Å². The van der Waals surface area contributed by atoms with Crippen molar-refractivity contribution in [1.29, 1.82) is 0 Å². The van der Waals surface area contributed by atoms with Crippen molar-refractivity contribution >= 4 is 0 Å². The van der Waals surface area contributed by atoms with Crippen molar-refractivity contribution in [1.82, 2.24) is 5.32 Å². The van der Waals surface area contributed by atoms with Crippen molar-refractivity contribution in [2.24, 2.45) is 5.92 Å². The van der Waals surface area contributed by atoms with E-state index >= 15 is 0 Å². The van der Waals surface area contributed by atoms with Crippen LogP contribution in [-0.2, 0) is 6.54 Å². The summed E-state index contributed by atoms with van der Waals surface area (Å²) in [5, 5.41) is 13.4. The lowest BCUT2D eigenvalue weighted by Gasteiger charge is -2.27. The average Bonchev–Trinajstić information content (AvgIpc) is 2.36. The van der Waals surface area contributed by atoms with Gasteiger partial charge in [0.25, 0.3) is 0 Å². The first kappa shape index (κ1) is 13.6. The molecular weight excluding hydrogens is 222 g/mol. The number of rotatable bonds is 4. The van der Waals surface area contributed by atoms with Crippen LogP contribution in [0.5, 0.6) is 0 Å². The van der Waals surface area contributed by atoms with Crippen LogP contribution >= 0.6 is 0 Å². The highest BCUT2D eigenvalue weighted by Crippen LogP contribution is 2.23. The number of nitrogens with one attached hydrogen (secondary N) is 1. The minimum absolute atomic E-state index is 0.0927. The Morgan fingerprint density at radius 2 is 2.00 bits per heavy atom. The number of aliphatic hydroxyl groups excluding tert-OH is 1. The van der Waals surface area contributed by atoms with Gasteiger partial charge in [0.05, 0.1) is 6.10 Å². The van der Waals surface area contributed by atoms with Gasteiger partial charge in [0.15, 0.2) is 0 Å². The van der Waals surface area contributed by atoms with Gasteiger partial charge in [-0.1, -0.05) is 36.6 Å². The van der Waals surface area contributed by atoms with Crippen molar-refractivity contribution in [2.45, 2.75) is 52.2 Å². The summed E-state index contributed by atoms with van der Waals surface area (Å²) in [5.74, 6) is 0.448. The predicted octanol–water partition coefficient (Wildman–Crippen LogP) is 2.94. The largest absolute Gasteiger partial charge is 0.393 e. The van der Waals surface area contributed by atoms with E-state index in [0.29, 0.717) is 5.92 Å². The molecule has 0 amide bonds. The van der Waals surface area contributed by atoms with Gasteiger partial charge in [0.1, 0.15) is 0 Å². The van der Waals surface area contributed by atoms with Gasteiger partial charge in [-0.3, -0.25) is 0 Å². The Balaban J connectivity index is 1.82. The van der Waals surface area contributed by atoms with Gasteiger partial charge < -0.3 is 10.4 Å². The second-order valence-electron chi connectivity index (χ2n) is 5.67. The lowest BCUT2D eigenvalue weighted by Crippen LogP contribution is -2.33. The Morgan fingerprint density at radius 1 is 1.22 bits per heavy atom. The average molecular weight is 247 g/mol. The van der Waals surface area contributed by atoms with Gasteiger partial charge in [-0.15, -0.1) is 0 Å². The summed E-state index contributed by atoms with van der Waals surface area (Å²) in [7, 11) is 0. The quantitative estimate of drug-likeness (QED) is 0.857. The summed E-state index contributed by atoms with van der Waals surface area (Å²) in [6.07, 6.45) is 4.52. The molecule has 1 aliphatic carbocycles. The van der Waals surface area contributed by atoms with Crippen molar-refractivity contribution in [3.8, 4) is 0 Å². The maximum atomic E-state index is 9.92. The molecule has 0 aliphatic heterocycles. The number of benzene rings is 1. The minimum atomic E-state index is -0.0927. The standard InChI is InChI=1S/C16H25NO/c1-12-7-8-13(2)15(9-12)11-17-10-14-5-3-4-6-16(14)18/h7-9,14,16-18H,3-6,10-11H2,1-2H3. The number of aliphatic hydroxyl groups is 1. The summed E-state index contributed by atoms with van der Waals surface area (Å²) >= 11 is 0. The molecule has 0 heterocycles. The highest BCUT2D eigenvalue weighted by Gasteiger charge is 2.22. The molecule has 100 valence electrons. The summed E-state index contributed by atoms with van der Waals surface area (Å²) < 4.78 is 0. The molecule has 1 fully saturated rings. The summed E-state index contributed by atoms with van der Waals surface area (Å²) in [4.78, 5) is 0. The zero-order valence-corrected chi connectivity index (χ0v) is 11.6. The molecule has 2 heteroatoms. The molecular formula is C16H25NO. The topological polar surface area (TPSA) is 32.3 Å². The maximum Gasteiger partial charge on any atom is 0.0580 e. The van der Waals surface area contributed by atoms with Crippen LogP contribution in [-0.4, -0.2) is 17.8 Å². The van der Waals surface area contributed by atoms with E-state index in [1.807, 2.05) is 0 Å². The van der Waals surface area contributed by atoms with E-state index in [0.717, 1.165) is 19.5 Å². The second-order valence-corrected chi connectivity index (χ2v) is 5.67. The molecule has 1 aromatic carbocycles. The fraction of sp³-hybridized carbons (Fsp3) is 0.625. The molecule has 2 N–H and O–H groups in total. The molecule has 0 bridgehead atoms. The fourth-order valence-electron chi connectivity index (χ4n) is 2.81. The number of hydrogen-bond donors (Lipinski definition) is 2. The van der Waals surface area contributed by atoms with Gasteiger partial charge >= 0.3 is 0 Å². The molecule has 0 aromatic heterocycles. The van der Waals surface area contributed by atoms with E-state index in [2.05, 4.69) is 37.4 Å². The van der Waals surface area contributed by atoms with Crippen LogP contribution in [0.4, 0.5) is 0 Å². The third kappa shape index (κ3) is 3.56. The lowest BCUT2D eigenvalue weighted by atomic mass is 9.86. The van der Waals surface area contributed by atoms with Crippen LogP contribution in [0.3, 0.4) is 0 Å². The van der Waals surface area contributed by atoms with Crippen LogP contribution in [0, 0.1) is 19.8 Å². The molecule has 1 aromatic rings. The van der Waals surface area contributed by atoms with Gasteiger partial charge in [-0.2, -0.15) is 0 Å². The Morgan fingerprint density at radius 3 is 2.78 bits per heavy atom. The predicted molar refractivity (Wildman–Crippen MR) is 75.6 cm³/mol. The van der Waals surface area contributed by atoms with E-state index in [9.17, 15) is 5.11 Å². The monoisotopic (exact) mass is 247 g/mol. The summed E-state index contributed by atoms with van der Waals surface area (Å²) in [5.41, 5.74) is 4.03. The number of aryl methyl sites for hydroxylation is 2. The molecule has 1 saturated carbocycles. The smallest absolute Gasteiger partial charge is 0.0580 e. The van der Waals surface area contributed by atoms with Crippen molar-refractivity contribution < 1.29 is 5.11 Å². The van der Waals surface area contributed by atoms with Gasteiger partial charge in [-0.25, -0.2) is 0 Å². The van der Waals surface area contributed by atoms with Crippen molar-refractivity contribution in [3.05, 3.63) is 34.9 Å². The van der Waals surface area contributed by atoms with Crippen LogP contribution in [0.1, 0.15) is 42.4 Å². The van der Waals surface area contributed by atoms with Gasteiger partial charge in [-0.05, 0) is 43.7 Å². The first-order chi connectivity index (χ1) is 8.66. The normalized spacial score (nSPS) is 24.2. The van der Waals surface area contributed by atoms with E-state index in [4.69, 9.17) is 0 Å². The zero-order valence-electron chi connectivity index (χ0n) is 11.6. The zero-order chi connectivity index (χ0) is 13.0. The molecule has 1 aliphatic rings. The van der Waals surface area contributed by atoms with Crippen LogP contribution in [0.15, 0.2) is 18.2 Å². The van der Waals surface area contributed by atoms with E-state index < -0.39 is 0 Å². The van der Waals surface area contributed by atoms with E-state index in [1.54, 1.807) is 0 Å². The lowest BCUT2D eigenvalue weighted by molar-refractivity contribution is 0.0695. The molecule has 18 heavy (non-hydrogen) atoms. The first-order valence-corrected chi connectivity index (χ1v) is 7.11. The molecule has 2 unspecified atom stereocenters. The molecule has 2 nitrogen and oxygen atoms in total. The maximum absolute atomic E-state index is 9.92. The molecule has 0 spiro atoms. The Labute approximate surface area is 110 Å². The first-order valence-electron chi connectivity index (χ1n) is 7.11. The minimum Gasteiger partial charge on any atom is -0.393 e. The third-order valence-electron chi connectivity index (χ3n) is 4.10. The Bertz CT molecular complexity index is 389. The highest BCUT2D eigenvalue weighted by atomic mass is 16.3. The van der Waals surface area contributed by atoms with Crippen LogP contribution in [0.2, 0.25) is 0 Å². The van der Waals surface area contributed by atoms with Crippen LogP contribution < -0.4 is 5.32 Å². The Hall–Kier alpha value is -0.860. The molecule has 0 radical (unpaired) electrons.